The van der Waals surface area contributed by atoms with Crippen LogP contribution in [0.15, 0.2) is 25.3 Å². The van der Waals surface area contributed by atoms with Crippen molar-refractivity contribution >= 4 is 0 Å². The van der Waals surface area contributed by atoms with Crippen molar-refractivity contribution in [2.45, 2.75) is 18.6 Å². The minimum atomic E-state index is -0.601. The maximum Gasteiger partial charge on any atom is 0.121 e. The van der Waals surface area contributed by atoms with Crippen molar-refractivity contribution in [3.05, 3.63) is 25.3 Å². The summed E-state index contributed by atoms with van der Waals surface area (Å²) in [5.41, 5.74) is 0. The SMILES string of the molecule is C#C[C@@H](C[C@@H](O)C=C)OCC=C. The van der Waals surface area contributed by atoms with Gasteiger partial charge in [0, 0.05) is 6.42 Å². The molecule has 0 amide bonds. The lowest BCUT2D eigenvalue weighted by Crippen LogP contribution is -2.17. The summed E-state index contributed by atoms with van der Waals surface area (Å²) in [6.45, 7) is 7.33. The summed E-state index contributed by atoms with van der Waals surface area (Å²) in [6.07, 6.45) is 7.63. The molecule has 0 radical (unpaired) electrons. The number of hydrogen-bond donors (Lipinski definition) is 1. The van der Waals surface area contributed by atoms with Crippen LogP contribution in [0.5, 0.6) is 0 Å². The molecule has 66 valence electrons. The molecule has 0 aliphatic heterocycles. The fraction of sp³-hybridized carbons (Fsp3) is 0.400. The van der Waals surface area contributed by atoms with E-state index < -0.39 is 6.10 Å². The predicted octanol–water partition coefficient (Wildman–Crippen LogP) is 1.13. The molecule has 0 aromatic rings. The molecule has 0 aromatic carbocycles. The molecular formula is C10H14O2. The Morgan fingerprint density at radius 1 is 1.58 bits per heavy atom. The van der Waals surface area contributed by atoms with Gasteiger partial charge in [0.2, 0.25) is 0 Å². The molecule has 2 atom stereocenters. The standard InChI is InChI=1S/C10H14O2/c1-4-7-12-10(6-3)8-9(11)5-2/h3-5,9-11H,1-2,7-8H2/t9-,10-/m0/s1. The molecule has 2 heteroatoms. The van der Waals surface area contributed by atoms with Crippen LogP contribution in [0.2, 0.25) is 0 Å². The van der Waals surface area contributed by atoms with E-state index in [1.165, 1.54) is 6.08 Å². The van der Waals surface area contributed by atoms with Crippen LogP contribution < -0.4 is 0 Å². The van der Waals surface area contributed by atoms with E-state index in [2.05, 4.69) is 19.1 Å². The van der Waals surface area contributed by atoms with Crippen LogP contribution in [-0.2, 0) is 4.74 Å². The third-order valence-electron chi connectivity index (χ3n) is 1.33. The molecule has 0 unspecified atom stereocenters. The summed E-state index contributed by atoms with van der Waals surface area (Å²) < 4.78 is 5.15. The van der Waals surface area contributed by atoms with Crippen molar-refractivity contribution < 1.29 is 9.84 Å². The van der Waals surface area contributed by atoms with Crippen LogP contribution in [0, 0.1) is 12.3 Å². The summed E-state index contributed by atoms with van der Waals surface area (Å²) >= 11 is 0. The number of aliphatic hydroxyl groups excluding tert-OH is 1. The van der Waals surface area contributed by atoms with Crippen molar-refractivity contribution in [3.8, 4) is 12.3 Å². The molecule has 0 saturated heterocycles. The molecule has 0 aliphatic rings. The van der Waals surface area contributed by atoms with E-state index in [4.69, 9.17) is 16.3 Å². The number of aliphatic hydroxyl groups is 1. The second-order valence-electron chi connectivity index (χ2n) is 2.32. The van der Waals surface area contributed by atoms with E-state index in [1.54, 1.807) is 6.08 Å². The topological polar surface area (TPSA) is 29.5 Å². The van der Waals surface area contributed by atoms with E-state index in [9.17, 15) is 0 Å². The summed E-state index contributed by atoms with van der Waals surface area (Å²) in [5.74, 6) is 2.42. The molecule has 0 heterocycles. The van der Waals surface area contributed by atoms with Gasteiger partial charge in [0.1, 0.15) is 6.10 Å². The van der Waals surface area contributed by atoms with Crippen LogP contribution in [0.3, 0.4) is 0 Å². The number of terminal acetylenes is 1. The van der Waals surface area contributed by atoms with Crippen molar-refractivity contribution in [1.82, 2.24) is 0 Å². The zero-order chi connectivity index (χ0) is 9.40. The van der Waals surface area contributed by atoms with Crippen molar-refractivity contribution in [3.63, 3.8) is 0 Å². The Labute approximate surface area is 73.6 Å². The third-order valence-corrected chi connectivity index (χ3v) is 1.33. The van der Waals surface area contributed by atoms with E-state index in [0.29, 0.717) is 13.0 Å². The molecule has 0 rings (SSSR count). The summed E-state index contributed by atoms with van der Waals surface area (Å²) in [7, 11) is 0. The molecular weight excluding hydrogens is 152 g/mol. The fourth-order valence-corrected chi connectivity index (χ4v) is 0.684. The van der Waals surface area contributed by atoms with Gasteiger partial charge in [-0.1, -0.05) is 18.1 Å². The zero-order valence-electron chi connectivity index (χ0n) is 7.07. The molecule has 2 nitrogen and oxygen atoms in total. The van der Waals surface area contributed by atoms with Gasteiger partial charge in [0.05, 0.1) is 12.7 Å². The smallest absolute Gasteiger partial charge is 0.121 e. The minimum absolute atomic E-state index is 0.365. The lowest BCUT2D eigenvalue weighted by Gasteiger charge is -2.12. The van der Waals surface area contributed by atoms with Gasteiger partial charge in [0.15, 0.2) is 0 Å². The van der Waals surface area contributed by atoms with Crippen LogP contribution >= 0.6 is 0 Å². The lowest BCUT2D eigenvalue weighted by atomic mass is 10.1. The van der Waals surface area contributed by atoms with E-state index in [-0.39, 0.29) is 6.10 Å². The third kappa shape index (κ3) is 4.73. The normalized spacial score (nSPS) is 14.3. The van der Waals surface area contributed by atoms with Gasteiger partial charge in [-0.2, -0.15) is 0 Å². The highest BCUT2D eigenvalue weighted by Gasteiger charge is 2.08. The van der Waals surface area contributed by atoms with Gasteiger partial charge in [-0.25, -0.2) is 0 Å². The van der Waals surface area contributed by atoms with Crippen molar-refractivity contribution in [1.29, 1.82) is 0 Å². The predicted molar refractivity (Wildman–Crippen MR) is 49.6 cm³/mol. The Morgan fingerprint density at radius 3 is 2.67 bits per heavy atom. The highest BCUT2D eigenvalue weighted by molar-refractivity contribution is 4.98. The highest BCUT2D eigenvalue weighted by Crippen LogP contribution is 2.02. The average Bonchev–Trinajstić information content (AvgIpc) is 2.11. The molecule has 0 aliphatic carbocycles. The first kappa shape index (κ1) is 11.0. The lowest BCUT2D eigenvalue weighted by molar-refractivity contribution is 0.0755. The van der Waals surface area contributed by atoms with Crippen LogP contribution in [-0.4, -0.2) is 23.9 Å². The highest BCUT2D eigenvalue weighted by atomic mass is 16.5. The van der Waals surface area contributed by atoms with Gasteiger partial charge >= 0.3 is 0 Å². The van der Waals surface area contributed by atoms with Gasteiger partial charge in [0.25, 0.3) is 0 Å². The molecule has 0 saturated carbocycles. The van der Waals surface area contributed by atoms with E-state index in [0.717, 1.165) is 0 Å². The Hall–Kier alpha value is -1.04. The Morgan fingerprint density at radius 2 is 2.25 bits per heavy atom. The monoisotopic (exact) mass is 166 g/mol. The maximum atomic E-state index is 9.14. The van der Waals surface area contributed by atoms with Crippen LogP contribution in [0.1, 0.15) is 6.42 Å². The van der Waals surface area contributed by atoms with E-state index >= 15 is 0 Å². The van der Waals surface area contributed by atoms with Crippen LogP contribution in [0.25, 0.3) is 0 Å². The Kier molecular flexibility index (Phi) is 6.08. The van der Waals surface area contributed by atoms with Gasteiger partial charge in [-0.05, 0) is 0 Å². The molecule has 0 bridgehead atoms. The van der Waals surface area contributed by atoms with Crippen LogP contribution in [0.4, 0.5) is 0 Å². The summed E-state index contributed by atoms with van der Waals surface area (Å²) in [5, 5.41) is 9.14. The van der Waals surface area contributed by atoms with Gasteiger partial charge in [-0.15, -0.1) is 19.6 Å². The first-order valence-corrected chi connectivity index (χ1v) is 3.73. The van der Waals surface area contributed by atoms with Crippen molar-refractivity contribution in [2.24, 2.45) is 0 Å². The molecule has 1 N–H and O–H groups in total. The minimum Gasteiger partial charge on any atom is -0.389 e. The number of hydrogen-bond acceptors (Lipinski definition) is 2. The Balaban J connectivity index is 3.75. The zero-order valence-corrected chi connectivity index (χ0v) is 7.07. The van der Waals surface area contributed by atoms with E-state index in [1.807, 2.05) is 0 Å². The number of rotatable bonds is 6. The average molecular weight is 166 g/mol. The van der Waals surface area contributed by atoms with Gasteiger partial charge < -0.3 is 9.84 Å². The molecule has 0 aromatic heterocycles. The fourth-order valence-electron chi connectivity index (χ4n) is 0.684. The second kappa shape index (κ2) is 6.66. The first-order valence-electron chi connectivity index (χ1n) is 3.73. The molecule has 0 fully saturated rings. The molecule has 0 spiro atoms. The first-order chi connectivity index (χ1) is 5.74. The van der Waals surface area contributed by atoms with Gasteiger partial charge in [-0.3, -0.25) is 0 Å². The second-order valence-corrected chi connectivity index (χ2v) is 2.32. The number of ether oxygens (including phenoxy) is 1. The largest absolute Gasteiger partial charge is 0.389 e. The van der Waals surface area contributed by atoms with Crippen molar-refractivity contribution in [2.75, 3.05) is 6.61 Å². The summed E-state index contributed by atoms with van der Waals surface area (Å²) in [6, 6.07) is 0. The summed E-state index contributed by atoms with van der Waals surface area (Å²) in [4.78, 5) is 0. The maximum absolute atomic E-state index is 9.14. The Bertz CT molecular complexity index is 179. The quantitative estimate of drug-likeness (QED) is 0.473. The molecule has 12 heavy (non-hydrogen) atoms.